The number of rotatable bonds is 2. The van der Waals surface area contributed by atoms with Gasteiger partial charge in [-0.2, -0.15) is 0 Å². The maximum atomic E-state index is 12.2. The molecule has 3 N–H and O–H groups in total. The quantitative estimate of drug-likeness (QED) is 0.548. The molecule has 116 valence electrons. The van der Waals surface area contributed by atoms with Crippen molar-refractivity contribution in [2.24, 2.45) is 0 Å². The number of hydrogen-bond donors (Lipinski definition) is 2. The number of nitrogens with two attached hydrogens (primary N) is 1. The molecule has 2 heterocycles. The second-order valence-electron chi connectivity index (χ2n) is 5.51. The highest BCUT2D eigenvalue weighted by Crippen LogP contribution is 2.45. The van der Waals surface area contributed by atoms with Crippen LogP contribution < -0.4 is 11.3 Å². The van der Waals surface area contributed by atoms with E-state index in [1.807, 2.05) is 12.1 Å². The first kappa shape index (κ1) is 13.6. The molecule has 1 aliphatic carbocycles. The number of nitrogen functional groups attached to an aromatic ring is 1. The van der Waals surface area contributed by atoms with Crippen LogP contribution in [0.4, 0.5) is 5.69 Å². The van der Waals surface area contributed by atoms with Gasteiger partial charge in [0.05, 0.1) is 24.9 Å². The van der Waals surface area contributed by atoms with Crippen molar-refractivity contribution >= 4 is 17.3 Å². The van der Waals surface area contributed by atoms with Crippen molar-refractivity contribution < 1.29 is 9.53 Å². The number of fused-ring (bicyclic) bond motifs is 5. The molecule has 0 spiro atoms. The van der Waals surface area contributed by atoms with E-state index in [0.29, 0.717) is 17.0 Å². The normalized spacial score (nSPS) is 15.4. The largest absolute Gasteiger partial charge is 0.469 e. The number of nitrogens with zero attached hydrogens (tertiary/aromatic N) is 2. The second-order valence-corrected chi connectivity index (χ2v) is 5.51. The van der Waals surface area contributed by atoms with Crippen molar-refractivity contribution in [3.05, 3.63) is 52.2 Å². The number of aromatic nitrogens is 3. The molecule has 0 unspecified atom stereocenters. The molecule has 0 fully saturated rings. The van der Waals surface area contributed by atoms with Gasteiger partial charge in [0.15, 0.2) is 0 Å². The topological polar surface area (TPSA) is 102 Å². The predicted octanol–water partition coefficient (Wildman–Crippen LogP) is 1.28. The van der Waals surface area contributed by atoms with E-state index in [0.717, 1.165) is 16.8 Å². The maximum Gasteiger partial charge on any atom is 0.306 e. The zero-order chi connectivity index (χ0) is 16.1. The summed E-state index contributed by atoms with van der Waals surface area (Å²) in [6.07, 6.45) is 3.46. The van der Waals surface area contributed by atoms with Gasteiger partial charge in [-0.05, 0) is 17.7 Å². The van der Waals surface area contributed by atoms with E-state index in [4.69, 9.17) is 10.5 Å². The number of imidazole rings is 1. The second kappa shape index (κ2) is 4.70. The van der Waals surface area contributed by atoms with Gasteiger partial charge in [-0.25, -0.2) is 4.98 Å². The van der Waals surface area contributed by atoms with E-state index >= 15 is 0 Å². The molecule has 0 amide bonds. The van der Waals surface area contributed by atoms with E-state index in [1.165, 1.54) is 7.11 Å². The van der Waals surface area contributed by atoms with Crippen LogP contribution in [0.3, 0.4) is 0 Å². The maximum absolute atomic E-state index is 12.2. The van der Waals surface area contributed by atoms with Crippen LogP contribution in [0.1, 0.15) is 23.6 Å². The number of carbonyl (C=O) groups excluding carboxylic acids is 1. The summed E-state index contributed by atoms with van der Waals surface area (Å²) in [5.74, 6) is -0.569. The Morgan fingerprint density at radius 3 is 3.09 bits per heavy atom. The third kappa shape index (κ3) is 1.86. The third-order valence-electron chi connectivity index (χ3n) is 4.25. The third-order valence-corrected chi connectivity index (χ3v) is 4.25. The highest BCUT2D eigenvalue weighted by atomic mass is 16.5. The van der Waals surface area contributed by atoms with Gasteiger partial charge in [0, 0.05) is 29.6 Å². The Labute approximate surface area is 130 Å². The van der Waals surface area contributed by atoms with Gasteiger partial charge in [-0.1, -0.05) is 6.07 Å². The summed E-state index contributed by atoms with van der Waals surface area (Å²) < 4.78 is 6.56. The molecular formula is C16H14N4O3. The van der Waals surface area contributed by atoms with Crippen LogP contribution in [0.5, 0.6) is 0 Å². The smallest absolute Gasteiger partial charge is 0.306 e. The SMILES string of the molecule is COC(=O)C[C@@H]1c2cc(N)ccc2-c2[nH]c(=O)c3nccn3c21. The van der Waals surface area contributed by atoms with Crippen LogP contribution >= 0.6 is 0 Å². The van der Waals surface area contributed by atoms with Gasteiger partial charge in [0.25, 0.3) is 5.56 Å². The average molecular weight is 310 g/mol. The van der Waals surface area contributed by atoms with E-state index in [9.17, 15) is 9.59 Å². The minimum Gasteiger partial charge on any atom is -0.469 e. The molecule has 7 heteroatoms. The van der Waals surface area contributed by atoms with E-state index in [2.05, 4.69) is 9.97 Å². The van der Waals surface area contributed by atoms with E-state index in [1.54, 1.807) is 22.9 Å². The van der Waals surface area contributed by atoms with Crippen LogP contribution in [0, 0.1) is 0 Å². The highest BCUT2D eigenvalue weighted by molar-refractivity contribution is 5.81. The number of carbonyl (C=O) groups is 1. The molecule has 0 saturated carbocycles. The molecule has 0 radical (unpaired) electrons. The Morgan fingerprint density at radius 1 is 1.48 bits per heavy atom. The zero-order valence-electron chi connectivity index (χ0n) is 12.4. The molecule has 23 heavy (non-hydrogen) atoms. The molecule has 3 aromatic rings. The van der Waals surface area contributed by atoms with E-state index < -0.39 is 0 Å². The Balaban J connectivity index is 2.05. The zero-order valence-corrected chi connectivity index (χ0v) is 12.4. The fraction of sp³-hybridized carbons (Fsp3) is 0.188. The van der Waals surface area contributed by atoms with Crippen molar-refractivity contribution in [1.82, 2.24) is 14.4 Å². The van der Waals surface area contributed by atoms with Crippen LogP contribution in [-0.4, -0.2) is 27.4 Å². The Morgan fingerprint density at radius 2 is 2.30 bits per heavy atom. The van der Waals surface area contributed by atoms with Crippen molar-refractivity contribution in [1.29, 1.82) is 0 Å². The van der Waals surface area contributed by atoms with Gasteiger partial charge < -0.3 is 15.5 Å². The molecule has 1 aromatic carbocycles. The lowest BCUT2D eigenvalue weighted by Crippen LogP contribution is -2.16. The summed E-state index contributed by atoms with van der Waals surface area (Å²) in [4.78, 5) is 31.0. The predicted molar refractivity (Wildman–Crippen MR) is 84.1 cm³/mol. The monoisotopic (exact) mass is 310 g/mol. The number of esters is 1. The molecule has 0 saturated heterocycles. The average Bonchev–Trinajstić information content (AvgIpc) is 3.12. The van der Waals surface area contributed by atoms with Crippen LogP contribution in [-0.2, 0) is 9.53 Å². The highest BCUT2D eigenvalue weighted by Gasteiger charge is 2.34. The van der Waals surface area contributed by atoms with Crippen molar-refractivity contribution in [3.63, 3.8) is 0 Å². The summed E-state index contributed by atoms with van der Waals surface area (Å²) in [5.41, 5.74) is 9.85. The lowest BCUT2D eigenvalue weighted by molar-refractivity contribution is -0.140. The number of methoxy groups -OCH3 is 1. The summed E-state index contributed by atoms with van der Waals surface area (Å²) in [7, 11) is 1.36. The first-order valence-electron chi connectivity index (χ1n) is 7.16. The Bertz CT molecular complexity index is 1000. The summed E-state index contributed by atoms with van der Waals surface area (Å²) >= 11 is 0. The van der Waals surface area contributed by atoms with Gasteiger partial charge >= 0.3 is 5.97 Å². The molecule has 0 bridgehead atoms. The van der Waals surface area contributed by atoms with Crippen LogP contribution in [0.15, 0.2) is 35.4 Å². The number of nitrogens with one attached hydrogen (secondary N) is 1. The number of benzene rings is 1. The lowest BCUT2D eigenvalue weighted by atomic mass is 9.96. The number of H-pyrrole nitrogens is 1. The minimum absolute atomic E-state index is 0.166. The Kier molecular flexibility index (Phi) is 2.77. The Hall–Kier alpha value is -3.09. The summed E-state index contributed by atoms with van der Waals surface area (Å²) in [6, 6.07) is 5.48. The van der Waals surface area contributed by atoms with Gasteiger partial charge in [0.2, 0.25) is 5.65 Å². The minimum atomic E-state index is -0.323. The standard InChI is InChI=1S/C16H14N4O3/c1-23-12(21)7-11-10-6-8(17)2-3-9(10)13-14(11)20-5-4-18-15(20)16(22)19-13/h2-6,11H,7,17H2,1H3,(H,19,22)/t11-/m1/s1. The lowest BCUT2D eigenvalue weighted by Gasteiger charge is -2.13. The number of hydrogen-bond acceptors (Lipinski definition) is 5. The van der Waals surface area contributed by atoms with Crippen LogP contribution in [0.2, 0.25) is 0 Å². The molecular weight excluding hydrogens is 296 g/mol. The first-order valence-corrected chi connectivity index (χ1v) is 7.16. The molecule has 1 aliphatic rings. The molecule has 1 atom stereocenters. The number of ether oxygens (including phenoxy) is 1. The van der Waals surface area contributed by atoms with Crippen LogP contribution in [0.25, 0.3) is 16.9 Å². The van der Waals surface area contributed by atoms with Gasteiger partial charge in [-0.3, -0.25) is 14.0 Å². The fourth-order valence-electron chi connectivity index (χ4n) is 3.27. The van der Waals surface area contributed by atoms with Crippen molar-refractivity contribution in [3.8, 4) is 11.3 Å². The van der Waals surface area contributed by atoms with Crippen molar-refractivity contribution in [2.75, 3.05) is 12.8 Å². The van der Waals surface area contributed by atoms with Crippen molar-refractivity contribution in [2.45, 2.75) is 12.3 Å². The molecule has 2 aromatic heterocycles. The molecule has 4 rings (SSSR count). The molecule has 0 aliphatic heterocycles. The van der Waals surface area contributed by atoms with Gasteiger partial charge in [0.1, 0.15) is 0 Å². The van der Waals surface area contributed by atoms with Gasteiger partial charge in [-0.15, -0.1) is 0 Å². The fourth-order valence-corrected chi connectivity index (χ4v) is 3.27. The summed E-state index contributed by atoms with van der Waals surface area (Å²) in [6.45, 7) is 0. The number of aromatic amines is 1. The number of anilines is 1. The molecule has 7 nitrogen and oxygen atoms in total. The van der Waals surface area contributed by atoms with E-state index in [-0.39, 0.29) is 23.9 Å². The summed E-state index contributed by atoms with van der Waals surface area (Å²) in [5, 5.41) is 0. The first-order chi connectivity index (χ1) is 11.1.